The highest BCUT2D eigenvalue weighted by atomic mass is 32.1. The highest BCUT2D eigenvalue weighted by molar-refractivity contribution is 7.14. The topological polar surface area (TPSA) is 61.4 Å². The van der Waals surface area contributed by atoms with E-state index in [-0.39, 0.29) is 18.2 Å². The van der Waals surface area contributed by atoms with E-state index in [1.54, 1.807) is 11.3 Å². The SMILES string of the molecule is O=C(CCNC(=O)c1ccc(CN2CCCCCC2)s1)NCc1ccccc1. The summed E-state index contributed by atoms with van der Waals surface area (Å²) in [5.41, 5.74) is 1.07. The van der Waals surface area contributed by atoms with Crippen LogP contribution in [0.25, 0.3) is 0 Å². The van der Waals surface area contributed by atoms with Crippen molar-refractivity contribution in [2.45, 2.75) is 45.2 Å². The van der Waals surface area contributed by atoms with Gasteiger partial charge in [-0.15, -0.1) is 11.3 Å². The van der Waals surface area contributed by atoms with Crippen molar-refractivity contribution < 1.29 is 9.59 Å². The molecule has 5 nitrogen and oxygen atoms in total. The fourth-order valence-electron chi connectivity index (χ4n) is 3.36. The molecule has 0 bridgehead atoms. The predicted molar refractivity (Wildman–Crippen MR) is 113 cm³/mol. The van der Waals surface area contributed by atoms with Crippen LogP contribution >= 0.6 is 11.3 Å². The summed E-state index contributed by atoms with van der Waals surface area (Å²) in [7, 11) is 0. The monoisotopic (exact) mass is 399 g/mol. The van der Waals surface area contributed by atoms with Gasteiger partial charge in [0.1, 0.15) is 0 Å². The summed E-state index contributed by atoms with van der Waals surface area (Å²) in [5, 5.41) is 5.73. The number of benzene rings is 1. The summed E-state index contributed by atoms with van der Waals surface area (Å²) < 4.78 is 0. The number of nitrogens with zero attached hydrogens (tertiary/aromatic N) is 1. The number of rotatable bonds is 8. The molecule has 1 aliphatic rings. The summed E-state index contributed by atoms with van der Waals surface area (Å²) in [6.07, 6.45) is 5.47. The van der Waals surface area contributed by atoms with E-state index in [4.69, 9.17) is 0 Å². The van der Waals surface area contributed by atoms with Crippen molar-refractivity contribution in [3.8, 4) is 0 Å². The molecule has 0 aliphatic carbocycles. The first-order valence-corrected chi connectivity index (χ1v) is 10.9. The number of hydrogen-bond acceptors (Lipinski definition) is 4. The molecule has 150 valence electrons. The maximum Gasteiger partial charge on any atom is 0.261 e. The fourth-order valence-corrected chi connectivity index (χ4v) is 4.33. The smallest absolute Gasteiger partial charge is 0.261 e. The normalized spacial score (nSPS) is 15.0. The molecule has 1 aromatic carbocycles. The first-order valence-electron chi connectivity index (χ1n) is 10.1. The van der Waals surface area contributed by atoms with Gasteiger partial charge in [-0.3, -0.25) is 14.5 Å². The van der Waals surface area contributed by atoms with E-state index in [0.717, 1.165) is 30.1 Å². The third-order valence-electron chi connectivity index (χ3n) is 4.93. The number of carbonyl (C=O) groups is 2. The summed E-state index contributed by atoms with van der Waals surface area (Å²) >= 11 is 1.55. The van der Waals surface area contributed by atoms with Crippen molar-refractivity contribution >= 4 is 23.2 Å². The van der Waals surface area contributed by atoms with Crippen molar-refractivity contribution in [3.05, 3.63) is 57.8 Å². The number of amides is 2. The molecule has 1 aliphatic heterocycles. The van der Waals surface area contributed by atoms with Crippen LogP contribution in [-0.4, -0.2) is 36.3 Å². The van der Waals surface area contributed by atoms with Gasteiger partial charge in [-0.2, -0.15) is 0 Å². The first-order chi connectivity index (χ1) is 13.7. The molecule has 6 heteroatoms. The summed E-state index contributed by atoms with van der Waals surface area (Å²) in [5.74, 6) is -0.153. The second-order valence-corrected chi connectivity index (χ2v) is 8.39. The Bertz CT molecular complexity index is 752. The molecule has 3 rings (SSSR count). The Morgan fingerprint density at radius 2 is 1.68 bits per heavy atom. The average Bonchev–Trinajstić information content (AvgIpc) is 3.03. The molecule has 2 heterocycles. The minimum Gasteiger partial charge on any atom is -0.352 e. The van der Waals surface area contributed by atoms with Gasteiger partial charge >= 0.3 is 0 Å². The Morgan fingerprint density at radius 3 is 2.43 bits per heavy atom. The lowest BCUT2D eigenvalue weighted by Crippen LogP contribution is -2.30. The summed E-state index contributed by atoms with van der Waals surface area (Å²) in [4.78, 5) is 28.7. The molecule has 28 heavy (non-hydrogen) atoms. The largest absolute Gasteiger partial charge is 0.352 e. The van der Waals surface area contributed by atoms with Gasteiger partial charge in [-0.05, 0) is 43.6 Å². The van der Waals surface area contributed by atoms with E-state index >= 15 is 0 Å². The quantitative estimate of drug-likeness (QED) is 0.713. The minimum absolute atomic E-state index is 0.0582. The van der Waals surface area contributed by atoms with Crippen molar-refractivity contribution in [1.29, 1.82) is 0 Å². The van der Waals surface area contributed by atoms with Gasteiger partial charge < -0.3 is 10.6 Å². The fraction of sp³-hybridized carbons (Fsp3) is 0.455. The van der Waals surface area contributed by atoms with Crippen LogP contribution in [0.1, 0.15) is 52.2 Å². The van der Waals surface area contributed by atoms with Crippen molar-refractivity contribution in [1.82, 2.24) is 15.5 Å². The van der Waals surface area contributed by atoms with Crippen molar-refractivity contribution in [2.75, 3.05) is 19.6 Å². The van der Waals surface area contributed by atoms with Gasteiger partial charge in [0, 0.05) is 30.9 Å². The molecule has 0 spiro atoms. The number of hydrogen-bond donors (Lipinski definition) is 2. The Hall–Kier alpha value is -2.18. The van der Waals surface area contributed by atoms with E-state index < -0.39 is 0 Å². The Kier molecular flexibility index (Phi) is 8.06. The van der Waals surface area contributed by atoms with Crippen LogP contribution in [0, 0.1) is 0 Å². The van der Waals surface area contributed by atoms with Crippen LogP contribution in [0.15, 0.2) is 42.5 Å². The second-order valence-electron chi connectivity index (χ2n) is 7.22. The Labute approximate surface area is 171 Å². The number of carbonyl (C=O) groups excluding carboxylic acids is 2. The molecule has 2 aromatic rings. The van der Waals surface area contributed by atoms with Gasteiger partial charge in [-0.1, -0.05) is 43.2 Å². The van der Waals surface area contributed by atoms with E-state index in [0.29, 0.717) is 13.1 Å². The molecule has 1 saturated heterocycles. The van der Waals surface area contributed by atoms with Gasteiger partial charge in [0.2, 0.25) is 5.91 Å². The lowest BCUT2D eigenvalue weighted by atomic mass is 10.2. The highest BCUT2D eigenvalue weighted by Crippen LogP contribution is 2.20. The molecular weight excluding hydrogens is 370 g/mol. The van der Waals surface area contributed by atoms with Crippen LogP contribution < -0.4 is 10.6 Å². The molecular formula is C22H29N3O2S. The van der Waals surface area contributed by atoms with Crippen LogP contribution in [0.4, 0.5) is 0 Å². The molecule has 1 aromatic heterocycles. The van der Waals surface area contributed by atoms with Gasteiger partial charge in [0.25, 0.3) is 5.91 Å². The molecule has 2 amide bonds. The standard InChI is InChI=1S/C22H29N3O2S/c26-21(24-16-18-8-4-3-5-9-18)12-13-23-22(27)20-11-10-19(28-20)17-25-14-6-1-2-7-15-25/h3-5,8-11H,1-2,6-7,12-17H2,(H,23,27)(H,24,26). The minimum atomic E-state index is -0.0945. The molecule has 0 radical (unpaired) electrons. The zero-order valence-corrected chi connectivity index (χ0v) is 17.1. The zero-order valence-electron chi connectivity index (χ0n) is 16.3. The van der Waals surface area contributed by atoms with Crippen molar-refractivity contribution in [3.63, 3.8) is 0 Å². The summed E-state index contributed by atoms with van der Waals surface area (Å²) in [6.45, 7) is 4.09. The Balaban J connectivity index is 1.36. The molecule has 1 fully saturated rings. The lowest BCUT2D eigenvalue weighted by molar-refractivity contribution is -0.121. The van der Waals surface area contributed by atoms with Crippen molar-refractivity contribution in [2.24, 2.45) is 0 Å². The van der Waals surface area contributed by atoms with Crippen LogP contribution in [0.2, 0.25) is 0 Å². The molecule has 0 unspecified atom stereocenters. The van der Waals surface area contributed by atoms with E-state index in [1.807, 2.05) is 36.4 Å². The maximum absolute atomic E-state index is 12.3. The lowest BCUT2D eigenvalue weighted by Gasteiger charge is -2.18. The van der Waals surface area contributed by atoms with Crippen LogP contribution in [-0.2, 0) is 17.9 Å². The third kappa shape index (κ3) is 6.77. The predicted octanol–water partition coefficient (Wildman–Crippen LogP) is 3.56. The average molecular weight is 400 g/mol. The third-order valence-corrected chi connectivity index (χ3v) is 6.00. The number of likely N-dealkylation sites (tertiary alicyclic amines) is 1. The maximum atomic E-state index is 12.3. The van der Waals surface area contributed by atoms with Crippen LogP contribution in [0.5, 0.6) is 0 Å². The van der Waals surface area contributed by atoms with E-state index in [9.17, 15) is 9.59 Å². The van der Waals surface area contributed by atoms with Gasteiger partial charge in [0.15, 0.2) is 0 Å². The molecule has 2 N–H and O–H groups in total. The summed E-state index contributed by atoms with van der Waals surface area (Å²) in [6, 6.07) is 13.7. The molecule has 0 atom stereocenters. The Morgan fingerprint density at radius 1 is 0.929 bits per heavy atom. The number of thiophene rings is 1. The first kappa shape index (κ1) is 20.6. The van der Waals surface area contributed by atoms with E-state index in [2.05, 4.69) is 21.6 Å². The van der Waals surface area contributed by atoms with E-state index in [1.165, 1.54) is 30.6 Å². The highest BCUT2D eigenvalue weighted by Gasteiger charge is 2.13. The molecule has 0 saturated carbocycles. The van der Waals surface area contributed by atoms with Gasteiger partial charge in [-0.25, -0.2) is 0 Å². The second kappa shape index (κ2) is 11.0. The van der Waals surface area contributed by atoms with Gasteiger partial charge in [0.05, 0.1) is 4.88 Å². The zero-order chi connectivity index (χ0) is 19.6. The van der Waals surface area contributed by atoms with Crippen LogP contribution in [0.3, 0.4) is 0 Å². The number of nitrogens with one attached hydrogen (secondary N) is 2.